The fraction of sp³-hybridized carbons (Fsp3) is 0.316. The van der Waals surface area contributed by atoms with Crippen molar-refractivity contribution in [1.82, 2.24) is 20.7 Å². The van der Waals surface area contributed by atoms with E-state index in [0.717, 1.165) is 37.1 Å². The number of rotatable bonds is 6. The summed E-state index contributed by atoms with van der Waals surface area (Å²) in [5.41, 5.74) is 5.10. The van der Waals surface area contributed by atoms with Gasteiger partial charge in [0.1, 0.15) is 18.1 Å². The Balaban J connectivity index is 1.36. The summed E-state index contributed by atoms with van der Waals surface area (Å²) in [6.07, 6.45) is 1.48. The van der Waals surface area contributed by atoms with E-state index in [1.54, 1.807) is 5.01 Å². The molecule has 9 nitrogen and oxygen atoms in total. The van der Waals surface area contributed by atoms with E-state index in [0.29, 0.717) is 11.5 Å². The van der Waals surface area contributed by atoms with Crippen molar-refractivity contribution >= 4 is 6.09 Å². The van der Waals surface area contributed by atoms with Gasteiger partial charge < -0.3 is 18.5 Å². The number of nitrogens with one attached hydrogen (secondary N) is 1. The molecule has 1 aliphatic rings. The summed E-state index contributed by atoms with van der Waals surface area (Å²) in [5, 5.41) is 9.68. The third kappa shape index (κ3) is 4.15. The number of nitrogens with zero attached hydrogens (tertiary/aromatic N) is 3. The summed E-state index contributed by atoms with van der Waals surface area (Å²) in [6, 6.07) is 11.1. The fourth-order valence-electron chi connectivity index (χ4n) is 2.96. The Bertz CT molecular complexity index is 931. The predicted octanol–water partition coefficient (Wildman–Crippen LogP) is 3.32. The molecule has 1 saturated heterocycles. The summed E-state index contributed by atoms with van der Waals surface area (Å²) in [4.78, 5) is 11.8. The number of aryl methyl sites for hydroxylation is 1. The normalized spacial score (nSPS) is 14.2. The highest BCUT2D eigenvalue weighted by Gasteiger charge is 2.19. The van der Waals surface area contributed by atoms with E-state index < -0.39 is 6.09 Å². The lowest BCUT2D eigenvalue weighted by atomic mass is 10.1. The first-order valence-electron chi connectivity index (χ1n) is 9.02. The van der Waals surface area contributed by atoms with Gasteiger partial charge in [-0.1, -0.05) is 35.5 Å². The number of ether oxygens (including phenoxy) is 2. The van der Waals surface area contributed by atoms with Crippen LogP contribution in [0.3, 0.4) is 0 Å². The van der Waals surface area contributed by atoms with E-state index in [2.05, 4.69) is 15.7 Å². The Kier molecular flexibility index (Phi) is 5.24. The second-order valence-corrected chi connectivity index (χ2v) is 6.40. The largest absolute Gasteiger partial charge is 0.470 e. The van der Waals surface area contributed by atoms with Gasteiger partial charge in [-0.05, 0) is 24.9 Å². The molecule has 0 saturated carbocycles. The quantitative estimate of drug-likeness (QED) is 0.690. The Hall–Kier alpha value is -3.33. The minimum Gasteiger partial charge on any atom is -0.470 e. The Labute approximate surface area is 161 Å². The molecule has 1 fully saturated rings. The highest BCUT2D eigenvalue weighted by atomic mass is 16.7. The SMILES string of the molecule is Cc1onc(-c2ccccc2)c1COc1cc(OC(=O)NN2CCCC2)on1. The summed E-state index contributed by atoms with van der Waals surface area (Å²) in [7, 11) is 0. The van der Waals surface area contributed by atoms with Crippen LogP contribution in [0.5, 0.6) is 11.8 Å². The van der Waals surface area contributed by atoms with E-state index in [1.807, 2.05) is 37.3 Å². The van der Waals surface area contributed by atoms with Crippen molar-refractivity contribution < 1.29 is 23.3 Å². The van der Waals surface area contributed by atoms with Crippen molar-refractivity contribution in [2.45, 2.75) is 26.4 Å². The average molecular weight is 384 g/mol. The predicted molar refractivity (Wildman–Crippen MR) is 97.5 cm³/mol. The number of hydrazine groups is 1. The van der Waals surface area contributed by atoms with Gasteiger partial charge in [0.15, 0.2) is 0 Å². The van der Waals surface area contributed by atoms with E-state index in [9.17, 15) is 4.79 Å². The minimum atomic E-state index is -0.620. The number of carbonyl (C=O) groups excluding carboxylic acids is 1. The average Bonchev–Trinajstić information content (AvgIpc) is 3.43. The molecule has 0 aliphatic carbocycles. The monoisotopic (exact) mass is 384 g/mol. The zero-order chi connectivity index (χ0) is 19.3. The second kappa shape index (κ2) is 8.13. The molecule has 3 heterocycles. The number of benzene rings is 1. The van der Waals surface area contributed by atoms with Crippen LogP contribution in [0, 0.1) is 6.92 Å². The molecule has 2 aromatic heterocycles. The number of hydrogen-bond acceptors (Lipinski definition) is 8. The van der Waals surface area contributed by atoms with Gasteiger partial charge in [0.05, 0.1) is 11.6 Å². The zero-order valence-corrected chi connectivity index (χ0v) is 15.4. The van der Waals surface area contributed by atoms with E-state index in [1.165, 1.54) is 6.07 Å². The van der Waals surface area contributed by atoms with Gasteiger partial charge in [0, 0.05) is 18.7 Å². The summed E-state index contributed by atoms with van der Waals surface area (Å²) in [6.45, 7) is 3.62. The number of aromatic nitrogens is 2. The van der Waals surface area contributed by atoms with Crippen molar-refractivity contribution in [2.24, 2.45) is 0 Å². The van der Waals surface area contributed by atoms with Crippen molar-refractivity contribution in [3.63, 3.8) is 0 Å². The lowest BCUT2D eigenvalue weighted by molar-refractivity contribution is 0.144. The molecule has 1 aromatic carbocycles. The van der Waals surface area contributed by atoms with Gasteiger partial charge in [0.25, 0.3) is 5.88 Å². The lowest BCUT2D eigenvalue weighted by Gasteiger charge is -2.14. The highest BCUT2D eigenvalue weighted by molar-refractivity contribution is 5.69. The highest BCUT2D eigenvalue weighted by Crippen LogP contribution is 2.27. The summed E-state index contributed by atoms with van der Waals surface area (Å²) < 4.78 is 21.0. The van der Waals surface area contributed by atoms with Crippen LogP contribution in [0.2, 0.25) is 0 Å². The molecule has 146 valence electrons. The third-order valence-corrected chi connectivity index (χ3v) is 4.41. The van der Waals surface area contributed by atoms with Crippen molar-refractivity contribution in [3.05, 3.63) is 47.7 Å². The molecular formula is C19H20N4O5. The van der Waals surface area contributed by atoms with Crippen LogP contribution in [0.15, 0.2) is 45.4 Å². The van der Waals surface area contributed by atoms with Gasteiger partial charge >= 0.3 is 12.0 Å². The number of hydrogen-bond donors (Lipinski definition) is 1. The maximum absolute atomic E-state index is 11.8. The number of carbonyl (C=O) groups is 1. The van der Waals surface area contributed by atoms with Crippen LogP contribution in [0.4, 0.5) is 4.79 Å². The topological polar surface area (TPSA) is 103 Å². The van der Waals surface area contributed by atoms with Crippen LogP contribution < -0.4 is 14.9 Å². The number of amides is 1. The van der Waals surface area contributed by atoms with E-state index in [4.69, 9.17) is 18.5 Å². The summed E-state index contributed by atoms with van der Waals surface area (Å²) in [5.74, 6) is 0.810. The van der Waals surface area contributed by atoms with Gasteiger partial charge in [-0.15, -0.1) is 0 Å². The van der Waals surface area contributed by atoms with Crippen molar-refractivity contribution in [2.75, 3.05) is 13.1 Å². The van der Waals surface area contributed by atoms with E-state index in [-0.39, 0.29) is 18.4 Å². The second-order valence-electron chi connectivity index (χ2n) is 6.40. The molecule has 9 heteroatoms. The molecule has 3 aromatic rings. The smallest absolute Gasteiger partial charge is 0.429 e. The third-order valence-electron chi connectivity index (χ3n) is 4.41. The molecule has 0 radical (unpaired) electrons. The van der Waals surface area contributed by atoms with Crippen LogP contribution in [-0.4, -0.2) is 34.5 Å². The van der Waals surface area contributed by atoms with Gasteiger partial charge in [0.2, 0.25) is 0 Å². The van der Waals surface area contributed by atoms with Gasteiger partial charge in [-0.25, -0.2) is 9.80 Å². The molecule has 1 amide bonds. The van der Waals surface area contributed by atoms with Crippen LogP contribution in [-0.2, 0) is 6.61 Å². The van der Waals surface area contributed by atoms with Gasteiger partial charge in [-0.3, -0.25) is 5.43 Å². The minimum absolute atomic E-state index is 0.0444. The molecule has 1 N–H and O–H groups in total. The molecule has 4 rings (SSSR count). The lowest BCUT2D eigenvalue weighted by Crippen LogP contribution is -2.41. The standard InChI is InChI=1S/C19H20N4O5/c1-13-15(18(22-27-13)14-7-3-2-4-8-14)12-25-16-11-17(28-21-16)26-19(24)20-23-9-5-6-10-23/h2-4,7-8,11H,5-6,9-10,12H2,1H3,(H,20,24). The molecule has 28 heavy (non-hydrogen) atoms. The first-order valence-corrected chi connectivity index (χ1v) is 9.02. The van der Waals surface area contributed by atoms with Crippen molar-refractivity contribution in [3.8, 4) is 23.1 Å². The zero-order valence-electron chi connectivity index (χ0n) is 15.4. The van der Waals surface area contributed by atoms with E-state index >= 15 is 0 Å². The molecule has 0 unspecified atom stereocenters. The fourth-order valence-corrected chi connectivity index (χ4v) is 2.96. The Morgan fingerprint density at radius 3 is 2.75 bits per heavy atom. The molecule has 0 spiro atoms. The van der Waals surface area contributed by atoms with Crippen LogP contribution >= 0.6 is 0 Å². The van der Waals surface area contributed by atoms with Crippen LogP contribution in [0.1, 0.15) is 24.2 Å². The maximum Gasteiger partial charge on any atom is 0.429 e. The Morgan fingerprint density at radius 2 is 1.96 bits per heavy atom. The summed E-state index contributed by atoms with van der Waals surface area (Å²) >= 11 is 0. The molecule has 0 atom stereocenters. The molecule has 1 aliphatic heterocycles. The maximum atomic E-state index is 11.8. The van der Waals surface area contributed by atoms with Gasteiger partial charge in [-0.2, -0.15) is 0 Å². The molecule has 0 bridgehead atoms. The van der Waals surface area contributed by atoms with Crippen molar-refractivity contribution in [1.29, 1.82) is 0 Å². The first-order chi connectivity index (χ1) is 13.7. The first kappa shape index (κ1) is 18.1. The molecular weight excluding hydrogens is 364 g/mol. The Morgan fingerprint density at radius 1 is 1.18 bits per heavy atom. The van der Waals surface area contributed by atoms with Crippen LogP contribution in [0.25, 0.3) is 11.3 Å².